The van der Waals surface area contributed by atoms with Crippen molar-refractivity contribution < 1.29 is 9.59 Å². The lowest BCUT2D eigenvalue weighted by atomic mass is 10.1. The molecule has 0 radical (unpaired) electrons. The van der Waals surface area contributed by atoms with Crippen LogP contribution < -0.4 is 16.4 Å². The number of benzene rings is 1. The summed E-state index contributed by atoms with van der Waals surface area (Å²) in [5.41, 5.74) is 6.94. The van der Waals surface area contributed by atoms with Crippen LogP contribution in [0.3, 0.4) is 0 Å². The van der Waals surface area contributed by atoms with Crippen molar-refractivity contribution in [1.29, 1.82) is 0 Å². The first-order valence-electron chi connectivity index (χ1n) is 6.69. The number of amides is 2. The molecular weight excluding hydrogens is 256 g/mol. The molecule has 1 aromatic rings. The highest BCUT2D eigenvalue weighted by molar-refractivity contribution is 5.95. The molecule has 6 heteroatoms. The lowest BCUT2D eigenvalue weighted by Gasteiger charge is -2.36. The Kier molecular flexibility index (Phi) is 4.24. The highest BCUT2D eigenvalue weighted by Crippen LogP contribution is 2.14. The van der Waals surface area contributed by atoms with Crippen LogP contribution in [0.4, 0.5) is 11.4 Å². The van der Waals surface area contributed by atoms with E-state index in [1.54, 1.807) is 38.1 Å². The van der Waals surface area contributed by atoms with Crippen molar-refractivity contribution in [2.45, 2.75) is 25.9 Å². The van der Waals surface area contributed by atoms with Crippen molar-refractivity contribution in [3.8, 4) is 0 Å². The molecule has 0 aliphatic carbocycles. The summed E-state index contributed by atoms with van der Waals surface area (Å²) < 4.78 is 0. The van der Waals surface area contributed by atoms with Crippen LogP contribution in [0.5, 0.6) is 0 Å². The Hall–Kier alpha value is -2.08. The minimum atomic E-state index is -0.377. The number of nitrogen functional groups attached to an aromatic ring is 1. The van der Waals surface area contributed by atoms with Gasteiger partial charge in [0.15, 0.2) is 0 Å². The van der Waals surface area contributed by atoms with Gasteiger partial charge in [0.1, 0.15) is 0 Å². The first kappa shape index (κ1) is 14.3. The topological polar surface area (TPSA) is 87.5 Å². The standard InChI is InChI=1S/C14H20N4O2/c1-9-13(19)16-6-7-18(9)10(2)14(20)17-12-5-3-4-11(15)8-12/h3-5,8-10H,6-7,15H2,1-2H3,(H,16,19)(H,17,20). The third-order valence-corrected chi connectivity index (χ3v) is 3.58. The fourth-order valence-corrected chi connectivity index (χ4v) is 2.34. The number of nitrogens with zero attached hydrogens (tertiary/aromatic N) is 1. The quantitative estimate of drug-likeness (QED) is 0.698. The number of nitrogens with two attached hydrogens (primary N) is 1. The van der Waals surface area contributed by atoms with Crippen molar-refractivity contribution in [3.63, 3.8) is 0 Å². The third-order valence-electron chi connectivity index (χ3n) is 3.58. The maximum Gasteiger partial charge on any atom is 0.241 e. The van der Waals surface area contributed by atoms with Gasteiger partial charge in [0, 0.05) is 24.5 Å². The highest BCUT2D eigenvalue weighted by Gasteiger charge is 2.32. The summed E-state index contributed by atoms with van der Waals surface area (Å²) >= 11 is 0. The SMILES string of the molecule is CC1C(=O)NCCN1C(C)C(=O)Nc1cccc(N)c1. The van der Waals surface area contributed by atoms with E-state index in [1.807, 2.05) is 4.90 Å². The molecule has 20 heavy (non-hydrogen) atoms. The molecule has 1 aromatic carbocycles. The second-order valence-electron chi connectivity index (χ2n) is 5.00. The lowest BCUT2D eigenvalue weighted by Crippen LogP contribution is -2.58. The molecule has 2 unspecified atom stereocenters. The Morgan fingerprint density at radius 2 is 2.30 bits per heavy atom. The molecule has 2 amide bonds. The van der Waals surface area contributed by atoms with Crippen LogP contribution in [0.2, 0.25) is 0 Å². The van der Waals surface area contributed by atoms with E-state index in [1.165, 1.54) is 0 Å². The third kappa shape index (κ3) is 3.08. The molecular formula is C14H20N4O2. The summed E-state index contributed by atoms with van der Waals surface area (Å²) in [7, 11) is 0. The Bertz CT molecular complexity index is 518. The Balaban J connectivity index is 2.03. The van der Waals surface area contributed by atoms with Gasteiger partial charge in [-0.15, -0.1) is 0 Å². The van der Waals surface area contributed by atoms with E-state index in [0.29, 0.717) is 24.5 Å². The lowest BCUT2D eigenvalue weighted by molar-refractivity contribution is -0.132. The number of anilines is 2. The van der Waals surface area contributed by atoms with Gasteiger partial charge in [-0.2, -0.15) is 0 Å². The average Bonchev–Trinajstić information content (AvgIpc) is 2.41. The summed E-state index contributed by atoms with van der Waals surface area (Å²) in [6.07, 6.45) is 0. The minimum absolute atomic E-state index is 0.0418. The molecule has 2 rings (SSSR count). The van der Waals surface area contributed by atoms with Gasteiger partial charge in [0.2, 0.25) is 11.8 Å². The number of carbonyl (C=O) groups excluding carboxylic acids is 2. The van der Waals surface area contributed by atoms with E-state index in [9.17, 15) is 9.59 Å². The maximum absolute atomic E-state index is 12.2. The van der Waals surface area contributed by atoms with Gasteiger partial charge in [-0.05, 0) is 32.0 Å². The second-order valence-corrected chi connectivity index (χ2v) is 5.00. The molecule has 108 valence electrons. The zero-order valence-electron chi connectivity index (χ0n) is 11.7. The minimum Gasteiger partial charge on any atom is -0.399 e. The predicted octanol–water partition coefficient (Wildman–Crippen LogP) is 0.416. The molecule has 0 spiro atoms. The molecule has 6 nitrogen and oxygen atoms in total. The Morgan fingerprint density at radius 3 is 3.00 bits per heavy atom. The number of carbonyl (C=O) groups is 2. The van der Waals surface area contributed by atoms with Gasteiger partial charge in [-0.1, -0.05) is 6.07 Å². The fraction of sp³-hybridized carbons (Fsp3) is 0.429. The molecule has 1 aliphatic heterocycles. The highest BCUT2D eigenvalue weighted by atomic mass is 16.2. The molecule has 0 bridgehead atoms. The van der Waals surface area contributed by atoms with Crippen molar-refractivity contribution in [3.05, 3.63) is 24.3 Å². The van der Waals surface area contributed by atoms with Crippen molar-refractivity contribution in [2.24, 2.45) is 0 Å². The zero-order chi connectivity index (χ0) is 14.7. The fourth-order valence-electron chi connectivity index (χ4n) is 2.34. The summed E-state index contributed by atoms with van der Waals surface area (Å²) in [6.45, 7) is 4.84. The van der Waals surface area contributed by atoms with E-state index < -0.39 is 0 Å². The number of piperazine rings is 1. The first-order chi connectivity index (χ1) is 9.49. The number of rotatable bonds is 3. The van der Waals surface area contributed by atoms with Crippen molar-refractivity contribution in [1.82, 2.24) is 10.2 Å². The molecule has 1 aliphatic rings. The van der Waals surface area contributed by atoms with Gasteiger partial charge in [-0.25, -0.2) is 0 Å². The van der Waals surface area contributed by atoms with Gasteiger partial charge in [0.25, 0.3) is 0 Å². The molecule has 1 saturated heterocycles. The summed E-state index contributed by atoms with van der Waals surface area (Å²) in [5, 5.41) is 5.61. The molecule has 0 aromatic heterocycles. The molecule has 2 atom stereocenters. The Morgan fingerprint density at radius 1 is 1.55 bits per heavy atom. The molecule has 4 N–H and O–H groups in total. The maximum atomic E-state index is 12.2. The van der Waals surface area contributed by atoms with Crippen LogP contribution in [-0.2, 0) is 9.59 Å². The van der Waals surface area contributed by atoms with Gasteiger partial charge in [0.05, 0.1) is 12.1 Å². The van der Waals surface area contributed by atoms with E-state index in [2.05, 4.69) is 10.6 Å². The number of hydrogen-bond acceptors (Lipinski definition) is 4. The predicted molar refractivity (Wildman–Crippen MR) is 78.1 cm³/mol. The molecule has 1 fully saturated rings. The van der Waals surface area contributed by atoms with Crippen LogP contribution in [0.25, 0.3) is 0 Å². The molecule has 0 saturated carbocycles. The van der Waals surface area contributed by atoms with Crippen LogP contribution in [0.15, 0.2) is 24.3 Å². The second kappa shape index (κ2) is 5.92. The smallest absolute Gasteiger partial charge is 0.241 e. The average molecular weight is 276 g/mol. The van der Waals surface area contributed by atoms with Crippen LogP contribution >= 0.6 is 0 Å². The summed E-state index contributed by atoms with van der Waals surface area (Å²) in [6, 6.07) is 6.36. The van der Waals surface area contributed by atoms with Crippen LogP contribution in [0.1, 0.15) is 13.8 Å². The van der Waals surface area contributed by atoms with E-state index in [0.717, 1.165) is 0 Å². The van der Waals surface area contributed by atoms with E-state index in [-0.39, 0.29) is 23.9 Å². The van der Waals surface area contributed by atoms with Crippen LogP contribution in [0, 0.1) is 0 Å². The molecule has 1 heterocycles. The summed E-state index contributed by atoms with van der Waals surface area (Å²) in [5.74, 6) is -0.183. The van der Waals surface area contributed by atoms with Crippen molar-refractivity contribution in [2.75, 3.05) is 24.1 Å². The Labute approximate surface area is 118 Å². The van der Waals surface area contributed by atoms with Gasteiger partial charge >= 0.3 is 0 Å². The largest absolute Gasteiger partial charge is 0.399 e. The number of nitrogens with one attached hydrogen (secondary N) is 2. The zero-order valence-corrected chi connectivity index (χ0v) is 11.7. The van der Waals surface area contributed by atoms with E-state index >= 15 is 0 Å². The van der Waals surface area contributed by atoms with E-state index in [4.69, 9.17) is 5.73 Å². The normalized spacial score (nSPS) is 21.1. The first-order valence-corrected chi connectivity index (χ1v) is 6.69. The summed E-state index contributed by atoms with van der Waals surface area (Å²) in [4.78, 5) is 25.8. The monoisotopic (exact) mass is 276 g/mol. The van der Waals surface area contributed by atoms with Gasteiger partial charge < -0.3 is 16.4 Å². The van der Waals surface area contributed by atoms with Crippen molar-refractivity contribution >= 4 is 23.2 Å². The van der Waals surface area contributed by atoms with Gasteiger partial charge in [-0.3, -0.25) is 14.5 Å². The number of hydrogen-bond donors (Lipinski definition) is 3. The van der Waals surface area contributed by atoms with Crippen LogP contribution in [-0.4, -0.2) is 41.9 Å².